The Balaban J connectivity index is 2.11. The Hall–Kier alpha value is -3.00. The summed E-state index contributed by atoms with van der Waals surface area (Å²) in [5.74, 6) is 1.05. The molecule has 0 saturated carbocycles. The maximum atomic E-state index is 11.7. The predicted octanol–water partition coefficient (Wildman–Crippen LogP) is 1.82. The Morgan fingerprint density at radius 3 is 2.83 bits per heavy atom. The third-order valence-electron chi connectivity index (χ3n) is 3.54. The van der Waals surface area contributed by atoms with Gasteiger partial charge in [0.1, 0.15) is 6.33 Å². The molecule has 0 bridgehead atoms. The number of pyridine rings is 1. The van der Waals surface area contributed by atoms with Gasteiger partial charge >= 0.3 is 0 Å². The highest BCUT2D eigenvalue weighted by atomic mass is 32.1. The van der Waals surface area contributed by atoms with Crippen LogP contribution in [0.5, 0.6) is 0 Å². The summed E-state index contributed by atoms with van der Waals surface area (Å²) >= 11 is 1.57. The van der Waals surface area contributed by atoms with E-state index in [2.05, 4.69) is 15.0 Å². The van der Waals surface area contributed by atoms with E-state index in [0.29, 0.717) is 17.0 Å². The molecule has 4 aromatic heterocycles. The van der Waals surface area contributed by atoms with Crippen LogP contribution in [0, 0.1) is 0 Å². The van der Waals surface area contributed by atoms with E-state index in [4.69, 9.17) is 5.73 Å². The zero-order valence-corrected chi connectivity index (χ0v) is 13.0. The lowest BCUT2D eigenvalue weighted by molar-refractivity contribution is 0.846. The van der Waals surface area contributed by atoms with Gasteiger partial charge in [-0.1, -0.05) is 6.07 Å². The number of nitrogen functional groups attached to an aromatic ring is 1. The maximum Gasteiger partial charge on any atom is 0.250 e. The lowest BCUT2D eigenvalue weighted by atomic mass is 10.3. The highest BCUT2D eigenvalue weighted by Crippen LogP contribution is 2.31. The number of aryl methyl sites for hydroxylation is 1. The molecule has 0 fully saturated rings. The Morgan fingerprint density at radius 2 is 2.09 bits per heavy atom. The number of fused-ring (bicyclic) bond motifs is 1. The summed E-state index contributed by atoms with van der Waals surface area (Å²) in [7, 11) is 1.71. The van der Waals surface area contributed by atoms with Crippen LogP contribution in [0.4, 0.5) is 5.82 Å². The van der Waals surface area contributed by atoms with E-state index in [1.165, 1.54) is 17.0 Å². The van der Waals surface area contributed by atoms with Crippen molar-refractivity contribution in [1.82, 2.24) is 24.1 Å². The molecular formula is C15H12N6OS. The van der Waals surface area contributed by atoms with E-state index in [-0.39, 0.29) is 5.56 Å². The lowest BCUT2D eigenvalue weighted by Gasteiger charge is -2.08. The van der Waals surface area contributed by atoms with Gasteiger partial charge in [0, 0.05) is 19.3 Å². The smallest absolute Gasteiger partial charge is 0.250 e. The minimum Gasteiger partial charge on any atom is -0.382 e. The van der Waals surface area contributed by atoms with Gasteiger partial charge in [0.2, 0.25) is 5.56 Å². The quantitative estimate of drug-likeness (QED) is 0.607. The second-order valence-corrected chi connectivity index (χ2v) is 5.96. The number of nitrogens with zero attached hydrogens (tertiary/aromatic N) is 5. The van der Waals surface area contributed by atoms with Crippen molar-refractivity contribution in [2.45, 2.75) is 0 Å². The number of anilines is 1. The summed E-state index contributed by atoms with van der Waals surface area (Å²) in [6.07, 6.45) is 3.16. The number of imidazole rings is 1. The van der Waals surface area contributed by atoms with Crippen LogP contribution in [0.25, 0.3) is 27.6 Å². The van der Waals surface area contributed by atoms with Crippen LogP contribution in [0.1, 0.15) is 0 Å². The van der Waals surface area contributed by atoms with Crippen LogP contribution in [0.2, 0.25) is 0 Å². The molecule has 4 rings (SSSR count). The molecule has 0 spiro atoms. The van der Waals surface area contributed by atoms with E-state index in [0.717, 1.165) is 16.4 Å². The SMILES string of the molecule is Cn1cc(-n2c(-c3cccs3)nc3c(N)ncnc32)ccc1=O. The van der Waals surface area contributed by atoms with Gasteiger partial charge in [-0.15, -0.1) is 11.3 Å². The summed E-state index contributed by atoms with van der Waals surface area (Å²) in [5, 5.41) is 1.98. The second-order valence-electron chi connectivity index (χ2n) is 5.02. The van der Waals surface area contributed by atoms with E-state index >= 15 is 0 Å². The standard InChI is InChI=1S/C15H12N6OS/c1-20-7-9(4-5-11(20)22)21-14(10-3-2-6-23-10)19-12-13(16)17-8-18-15(12)21/h2-8H,1H3,(H2,16,17,18). The van der Waals surface area contributed by atoms with Crippen LogP contribution in [-0.4, -0.2) is 24.1 Å². The molecule has 0 aliphatic rings. The normalized spacial score (nSPS) is 11.2. The summed E-state index contributed by atoms with van der Waals surface area (Å²) in [4.78, 5) is 25.6. The molecule has 0 aliphatic carbocycles. The molecule has 0 amide bonds. The average Bonchev–Trinajstić information content (AvgIpc) is 3.17. The summed E-state index contributed by atoms with van der Waals surface area (Å²) in [6, 6.07) is 7.20. The molecule has 4 aromatic rings. The third-order valence-corrected chi connectivity index (χ3v) is 4.41. The van der Waals surface area contributed by atoms with Crippen LogP contribution < -0.4 is 11.3 Å². The molecule has 114 valence electrons. The van der Waals surface area contributed by atoms with Gasteiger partial charge < -0.3 is 10.3 Å². The number of rotatable bonds is 2. The highest BCUT2D eigenvalue weighted by molar-refractivity contribution is 7.13. The van der Waals surface area contributed by atoms with Crippen molar-refractivity contribution in [3.05, 3.63) is 52.5 Å². The summed E-state index contributed by atoms with van der Waals surface area (Å²) in [5.41, 5.74) is 7.81. The molecular weight excluding hydrogens is 312 g/mol. The fourth-order valence-electron chi connectivity index (χ4n) is 2.44. The Bertz CT molecular complexity index is 1060. The van der Waals surface area contributed by atoms with Crippen molar-refractivity contribution in [3.8, 4) is 16.4 Å². The topological polar surface area (TPSA) is 91.6 Å². The minimum absolute atomic E-state index is 0.0787. The molecule has 4 heterocycles. The maximum absolute atomic E-state index is 11.7. The van der Waals surface area contributed by atoms with Gasteiger partial charge in [0.05, 0.1) is 10.6 Å². The molecule has 23 heavy (non-hydrogen) atoms. The fourth-order valence-corrected chi connectivity index (χ4v) is 3.14. The monoisotopic (exact) mass is 324 g/mol. The van der Waals surface area contributed by atoms with Crippen molar-refractivity contribution >= 4 is 28.3 Å². The van der Waals surface area contributed by atoms with Gasteiger partial charge in [-0.25, -0.2) is 15.0 Å². The Labute approximate surface area is 134 Å². The van der Waals surface area contributed by atoms with Crippen LogP contribution in [0.3, 0.4) is 0 Å². The molecule has 0 saturated heterocycles. The fraction of sp³-hybridized carbons (Fsp3) is 0.0667. The lowest BCUT2D eigenvalue weighted by Crippen LogP contribution is -2.15. The predicted molar refractivity (Wildman–Crippen MR) is 89.6 cm³/mol. The molecule has 0 atom stereocenters. The van der Waals surface area contributed by atoms with Crippen molar-refractivity contribution in [3.63, 3.8) is 0 Å². The van der Waals surface area contributed by atoms with Gasteiger partial charge in [-0.3, -0.25) is 9.36 Å². The molecule has 0 unspecified atom stereocenters. The van der Waals surface area contributed by atoms with E-state index < -0.39 is 0 Å². The van der Waals surface area contributed by atoms with Crippen molar-refractivity contribution < 1.29 is 0 Å². The zero-order valence-electron chi connectivity index (χ0n) is 12.2. The number of hydrogen-bond acceptors (Lipinski definition) is 6. The van der Waals surface area contributed by atoms with E-state index in [9.17, 15) is 4.79 Å². The van der Waals surface area contributed by atoms with Crippen molar-refractivity contribution in [2.24, 2.45) is 7.05 Å². The summed E-state index contributed by atoms with van der Waals surface area (Å²) in [6.45, 7) is 0. The molecule has 0 radical (unpaired) electrons. The number of thiophene rings is 1. The van der Waals surface area contributed by atoms with Gasteiger partial charge in [-0.05, 0) is 17.5 Å². The first-order valence-corrected chi connectivity index (χ1v) is 7.73. The molecule has 2 N–H and O–H groups in total. The van der Waals surface area contributed by atoms with Crippen molar-refractivity contribution in [1.29, 1.82) is 0 Å². The van der Waals surface area contributed by atoms with Gasteiger partial charge in [0.15, 0.2) is 22.8 Å². The first-order chi connectivity index (χ1) is 11.1. The third kappa shape index (κ3) is 2.11. The highest BCUT2D eigenvalue weighted by Gasteiger charge is 2.18. The second kappa shape index (κ2) is 5.03. The zero-order chi connectivity index (χ0) is 16.0. The minimum atomic E-state index is -0.0787. The first-order valence-electron chi connectivity index (χ1n) is 6.85. The van der Waals surface area contributed by atoms with Gasteiger partial charge in [-0.2, -0.15) is 0 Å². The Kier molecular flexibility index (Phi) is 2.98. The largest absolute Gasteiger partial charge is 0.382 e. The number of aromatic nitrogens is 5. The Morgan fingerprint density at radius 1 is 1.22 bits per heavy atom. The van der Waals surface area contributed by atoms with E-state index in [1.54, 1.807) is 30.6 Å². The molecule has 8 heteroatoms. The van der Waals surface area contributed by atoms with Crippen LogP contribution >= 0.6 is 11.3 Å². The number of hydrogen-bond donors (Lipinski definition) is 1. The molecule has 0 aliphatic heterocycles. The first kappa shape index (κ1) is 13.6. The summed E-state index contributed by atoms with van der Waals surface area (Å²) < 4.78 is 3.41. The van der Waals surface area contributed by atoms with Crippen LogP contribution in [0.15, 0.2) is 47.0 Å². The molecule has 7 nitrogen and oxygen atoms in total. The number of nitrogens with two attached hydrogens (primary N) is 1. The molecule has 0 aromatic carbocycles. The van der Waals surface area contributed by atoms with E-state index in [1.807, 2.05) is 22.1 Å². The van der Waals surface area contributed by atoms with Crippen molar-refractivity contribution in [2.75, 3.05) is 5.73 Å². The van der Waals surface area contributed by atoms with Crippen LogP contribution in [-0.2, 0) is 7.05 Å². The van der Waals surface area contributed by atoms with Gasteiger partial charge in [0.25, 0.3) is 0 Å². The average molecular weight is 324 g/mol.